The number of hydrogen-bond acceptors (Lipinski definition) is 2. The number of hydrogen-bond donors (Lipinski definition) is 2. The van der Waals surface area contributed by atoms with Gasteiger partial charge in [-0.25, -0.2) is 0 Å². The highest BCUT2D eigenvalue weighted by atomic mass is 35.5. The molecule has 0 aliphatic carbocycles. The minimum atomic E-state index is -0.637. The number of carboxylic acids is 1. The molecule has 2 unspecified atom stereocenters. The number of carbonyl (C=O) groups is 2. The van der Waals surface area contributed by atoms with Crippen LogP contribution < -0.4 is 22.2 Å². The topological polar surface area (TPSA) is 62.0 Å². The van der Waals surface area contributed by atoms with Crippen molar-refractivity contribution in [3.05, 3.63) is 60.7 Å². The number of unbranched alkanes of at least 4 members (excludes halogenated alkanes) is 4. The van der Waals surface area contributed by atoms with Crippen LogP contribution in [0.5, 0.6) is 0 Å². The van der Waals surface area contributed by atoms with Crippen LogP contribution in [-0.4, -0.2) is 36.6 Å². The summed E-state index contributed by atoms with van der Waals surface area (Å²) < 4.78 is 0. The van der Waals surface area contributed by atoms with Gasteiger partial charge in [-0.2, -0.15) is 0 Å². The molecule has 6 heteroatoms. The molecule has 32 heavy (non-hydrogen) atoms. The van der Waals surface area contributed by atoms with E-state index in [-0.39, 0.29) is 24.2 Å². The Bertz CT molecular complexity index is 777. The fraction of sp³-hybridized carbons (Fsp3) is 0.462. The molecular formula is C26H35ClN2O3. The molecule has 0 aromatic heterocycles. The number of para-hydroxylation sites is 2. The van der Waals surface area contributed by atoms with Gasteiger partial charge in [0.15, 0.2) is 0 Å². The van der Waals surface area contributed by atoms with Crippen LogP contribution >= 0.6 is 0 Å². The van der Waals surface area contributed by atoms with Crippen LogP contribution in [0.15, 0.2) is 60.7 Å². The van der Waals surface area contributed by atoms with Gasteiger partial charge < -0.3 is 22.4 Å². The molecule has 2 aromatic rings. The number of likely N-dealkylation sites (tertiary alicyclic amines) is 1. The van der Waals surface area contributed by atoms with E-state index in [9.17, 15) is 14.7 Å². The molecule has 0 spiro atoms. The quantitative estimate of drug-likeness (QED) is 0.495. The summed E-state index contributed by atoms with van der Waals surface area (Å²) in [6.07, 6.45) is 7.75. The van der Waals surface area contributed by atoms with Crippen LogP contribution in [0.25, 0.3) is 0 Å². The number of anilines is 2. The van der Waals surface area contributed by atoms with E-state index in [0.717, 1.165) is 76.0 Å². The van der Waals surface area contributed by atoms with Gasteiger partial charge in [0, 0.05) is 17.8 Å². The predicted octanol–water partition coefficient (Wildman–Crippen LogP) is 1.08. The largest absolute Gasteiger partial charge is 1.00 e. The Balaban J connectivity index is 0.00000363. The highest BCUT2D eigenvalue weighted by molar-refractivity contribution is 6.00. The number of nitrogens with one attached hydrogen (secondary N) is 1. The number of rotatable bonds is 11. The van der Waals surface area contributed by atoms with Crippen molar-refractivity contribution in [3.8, 4) is 0 Å². The van der Waals surface area contributed by atoms with Gasteiger partial charge >= 0.3 is 5.97 Å². The molecule has 0 radical (unpaired) electrons. The third-order valence-corrected chi connectivity index (χ3v) is 6.17. The zero-order valence-corrected chi connectivity index (χ0v) is 19.5. The van der Waals surface area contributed by atoms with Gasteiger partial charge in [0.05, 0.1) is 19.6 Å². The molecule has 1 aliphatic heterocycles. The second-order valence-corrected chi connectivity index (χ2v) is 8.55. The molecule has 2 atom stereocenters. The highest BCUT2D eigenvalue weighted by Gasteiger charge is 2.27. The Morgan fingerprint density at radius 2 is 1.44 bits per heavy atom. The number of piperidine rings is 1. The predicted molar refractivity (Wildman–Crippen MR) is 124 cm³/mol. The lowest BCUT2D eigenvalue weighted by atomic mass is 9.98. The second kappa shape index (κ2) is 13.9. The molecule has 5 nitrogen and oxygen atoms in total. The van der Waals surface area contributed by atoms with Crippen molar-refractivity contribution in [2.45, 2.75) is 51.4 Å². The standard InChI is InChI=1S/C26H34N2O3.ClH/c29-25(28(23-14-6-4-7-15-23)24-16-8-5-9-17-24)18-10-2-1-3-11-19-27-20-12-13-22(21-27)26(30)31;/h4-9,14-17,22H,1-3,10-13,18-21H2,(H,30,31);1H. The van der Waals surface area contributed by atoms with Gasteiger partial charge in [-0.05, 0) is 56.4 Å². The molecule has 174 valence electrons. The lowest BCUT2D eigenvalue weighted by Crippen LogP contribution is -3.13. The smallest absolute Gasteiger partial charge is 0.312 e. The van der Waals surface area contributed by atoms with Crippen molar-refractivity contribution >= 4 is 23.3 Å². The summed E-state index contributed by atoms with van der Waals surface area (Å²) in [5.41, 5.74) is 1.81. The molecular weight excluding hydrogens is 424 g/mol. The molecule has 1 heterocycles. The third-order valence-electron chi connectivity index (χ3n) is 6.17. The molecule has 0 bridgehead atoms. The summed E-state index contributed by atoms with van der Waals surface area (Å²) in [4.78, 5) is 27.4. The number of quaternary nitrogens is 1. The molecule has 0 saturated carbocycles. The lowest BCUT2D eigenvalue weighted by Gasteiger charge is -2.27. The summed E-state index contributed by atoms with van der Waals surface area (Å²) in [6.45, 7) is 2.95. The van der Waals surface area contributed by atoms with Crippen molar-refractivity contribution in [1.29, 1.82) is 0 Å². The van der Waals surface area contributed by atoms with E-state index in [0.29, 0.717) is 6.42 Å². The maximum atomic E-state index is 13.0. The minimum Gasteiger partial charge on any atom is -1.00 e. The Kier molecular flexibility index (Phi) is 11.3. The maximum absolute atomic E-state index is 13.0. The first-order valence-corrected chi connectivity index (χ1v) is 11.6. The van der Waals surface area contributed by atoms with Crippen molar-refractivity contribution < 1.29 is 32.0 Å². The van der Waals surface area contributed by atoms with E-state index in [1.54, 1.807) is 0 Å². The number of amides is 1. The molecule has 1 aliphatic rings. The van der Waals surface area contributed by atoms with Gasteiger partial charge in [-0.1, -0.05) is 49.2 Å². The third kappa shape index (κ3) is 7.95. The number of aliphatic carboxylic acids is 1. The summed E-state index contributed by atoms with van der Waals surface area (Å²) in [7, 11) is 0. The Hall–Kier alpha value is -2.37. The number of carboxylic acid groups (broad SMARTS) is 1. The number of benzene rings is 2. The van der Waals surface area contributed by atoms with Gasteiger partial charge in [0.1, 0.15) is 5.92 Å². The van der Waals surface area contributed by atoms with Gasteiger partial charge in [0.25, 0.3) is 0 Å². The summed E-state index contributed by atoms with van der Waals surface area (Å²) in [6, 6.07) is 19.7. The summed E-state index contributed by atoms with van der Waals surface area (Å²) in [5.74, 6) is -0.663. The van der Waals surface area contributed by atoms with E-state index in [2.05, 4.69) is 0 Å². The zero-order chi connectivity index (χ0) is 21.9. The van der Waals surface area contributed by atoms with Gasteiger partial charge in [0.2, 0.25) is 5.91 Å². The van der Waals surface area contributed by atoms with Crippen LogP contribution in [-0.2, 0) is 9.59 Å². The van der Waals surface area contributed by atoms with Crippen LogP contribution in [0.3, 0.4) is 0 Å². The molecule has 1 amide bonds. The number of carbonyl (C=O) groups excluding carboxylic acids is 1. The van der Waals surface area contributed by atoms with Crippen molar-refractivity contribution in [3.63, 3.8) is 0 Å². The normalized spacial score (nSPS) is 17.9. The zero-order valence-electron chi connectivity index (χ0n) is 18.7. The fourth-order valence-corrected chi connectivity index (χ4v) is 4.47. The summed E-state index contributed by atoms with van der Waals surface area (Å²) >= 11 is 0. The first kappa shape index (κ1) is 25.9. The SMILES string of the molecule is O=C(O)C1CCC[NH+](CCCCCCCC(=O)N(c2ccccc2)c2ccccc2)C1.[Cl-]. The first-order chi connectivity index (χ1) is 15.1. The molecule has 2 aromatic carbocycles. The average Bonchev–Trinajstić information content (AvgIpc) is 2.80. The number of nitrogens with zero attached hydrogens (tertiary/aromatic N) is 1. The van der Waals surface area contributed by atoms with Crippen LogP contribution in [0.1, 0.15) is 51.4 Å². The van der Waals surface area contributed by atoms with Crippen molar-refractivity contribution in [2.24, 2.45) is 5.92 Å². The van der Waals surface area contributed by atoms with Crippen LogP contribution in [0, 0.1) is 5.92 Å². The lowest BCUT2D eigenvalue weighted by molar-refractivity contribution is -0.907. The monoisotopic (exact) mass is 458 g/mol. The van der Waals surface area contributed by atoms with E-state index in [4.69, 9.17) is 0 Å². The average molecular weight is 459 g/mol. The number of halogens is 1. The van der Waals surface area contributed by atoms with E-state index >= 15 is 0 Å². The fourth-order valence-electron chi connectivity index (χ4n) is 4.47. The van der Waals surface area contributed by atoms with Crippen LogP contribution in [0.4, 0.5) is 11.4 Å². The van der Waals surface area contributed by atoms with Crippen molar-refractivity contribution in [1.82, 2.24) is 0 Å². The van der Waals surface area contributed by atoms with Gasteiger partial charge in [-0.3, -0.25) is 14.5 Å². The van der Waals surface area contributed by atoms with Crippen molar-refractivity contribution in [2.75, 3.05) is 24.5 Å². The minimum absolute atomic E-state index is 0. The van der Waals surface area contributed by atoms with E-state index < -0.39 is 5.97 Å². The summed E-state index contributed by atoms with van der Waals surface area (Å²) in [5, 5.41) is 9.21. The maximum Gasteiger partial charge on any atom is 0.312 e. The Morgan fingerprint density at radius 3 is 2.03 bits per heavy atom. The van der Waals surface area contributed by atoms with E-state index in [1.807, 2.05) is 65.6 Å². The molecule has 3 rings (SSSR count). The Morgan fingerprint density at radius 1 is 0.875 bits per heavy atom. The first-order valence-electron chi connectivity index (χ1n) is 11.6. The molecule has 2 N–H and O–H groups in total. The van der Waals surface area contributed by atoms with Gasteiger partial charge in [-0.15, -0.1) is 0 Å². The molecule has 1 saturated heterocycles. The van der Waals surface area contributed by atoms with Crippen LogP contribution in [0.2, 0.25) is 0 Å². The highest BCUT2D eigenvalue weighted by Crippen LogP contribution is 2.26. The second-order valence-electron chi connectivity index (χ2n) is 8.55. The Labute approximate surface area is 197 Å². The van der Waals surface area contributed by atoms with E-state index in [1.165, 1.54) is 4.90 Å². The molecule has 1 fully saturated rings.